The SMILES string of the molecule is O=C1NC(C(=O)Nc2cccc(-c3ccn[nH]3)c2)CS1. The molecule has 2 heterocycles. The Hall–Kier alpha value is -2.28. The van der Waals surface area contributed by atoms with Gasteiger partial charge in [0.15, 0.2) is 0 Å². The molecule has 20 heavy (non-hydrogen) atoms. The van der Waals surface area contributed by atoms with Crippen molar-refractivity contribution in [2.24, 2.45) is 0 Å². The van der Waals surface area contributed by atoms with Crippen LogP contribution in [-0.4, -0.2) is 33.1 Å². The first-order valence-corrected chi connectivity index (χ1v) is 7.05. The minimum absolute atomic E-state index is 0.156. The monoisotopic (exact) mass is 288 g/mol. The molecule has 0 radical (unpaired) electrons. The molecular formula is C13H12N4O2S. The standard InChI is InChI=1S/C13H12N4O2S/c18-12(11-7-20-13(19)16-11)15-9-3-1-2-8(6-9)10-4-5-14-17-10/h1-6,11H,7H2,(H,14,17)(H,15,18)(H,16,19). The first kappa shape index (κ1) is 12.7. The molecule has 1 aliphatic heterocycles. The van der Waals surface area contributed by atoms with Crippen LogP contribution in [0.5, 0.6) is 0 Å². The lowest BCUT2D eigenvalue weighted by Gasteiger charge is -2.11. The van der Waals surface area contributed by atoms with Crippen molar-refractivity contribution in [1.82, 2.24) is 15.5 Å². The van der Waals surface area contributed by atoms with Crippen molar-refractivity contribution in [3.8, 4) is 11.3 Å². The van der Waals surface area contributed by atoms with Crippen molar-refractivity contribution in [3.63, 3.8) is 0 Å². The zero-order valence-electron chi connectivity index (χ0n) is 10.4. The second-order valence-corrected chi connectivity index (χ2v) is 5.33. The number of amides is 2. The van der Waals surface area contributed by atoms with Gasteiger partial charge in [-0.2, -0.15) is 5.10 Å². The van der Waals surface area contributed by atoms with Gasteiger partial charge >= 0.3 is 0 Å². The van der Waals surface area contributed by atoms with E-state index in [0.717, 1.165) is 23.0 Å². The zero-order valence-corrected chi connectivity index (χ0v) is 11.2. The van der Waals surface area contributed by atoms with Gasteiger partial charge in [-0.25, -0.2) is 0 Å². The van der Waals surface area contributed by atoms with E-state index < -0.39 is 6.04 Å². The fourth-order valence-corrected chi connectivity index (χ4v) is 2.71. The maximum absolute atomic E-state index is 12.0. The number of rotatable bonds is 3. The van der Waals surface area contributed by atoms with E-state index in [4.69, 9.17) is 0 Å². The second-order valence-electron chi connectivity index (χ2n) is 4.34. The van der Waals surface area contributed by atoms with Crippen LogP contribution in [-0.2, 0) is 4.79 Å². The molecule has 3 N–H and O–H groups in total. The number of aromatic amines is 1. The van der Waals surface area contributed by atoms with E-state index in [-0.39, 0.29) is 11.1 Å². The Morgan fingerprint density at radius 2 is 2.30 bits per heavy atom. The highest BCUT2D eigenvalue weighted by atomic mass is 32.2. The van der Waals surface area contributed by atoms with Crippen LogP contribution >= 0.6 is 11.8 Å². The molecule has 0 bridgehead atoms. The lowest BCUT2D eigenvalue weighted by atomic mass is 10.1. The van der Waals surface area contributed by atoms with Crippen LogP contribution in [0.4, 0.5) is 10.5 Å². The summed E-state index contributed by atoms with van der Waals surface area (Å²) in [5.74, 6) is 0.260. The number of carbonyl (C=O) groups excluding carboxylic acids is 2. The van der Waals surface area contributed by atoms with Crippen molar-refractivity contribution in [2.45, 2.75) is 6.04 Å². The highest BCUT2D eigenvalue weighted by molar-refractivity contribution is 8.14. The number of thioether (sulfide) groups is 1. The van der Waals surface area contributed by atoms with Crippen LogP contribution in [0.25, 0.3) is 11.3 Å². The molecule has 1 saturated heterocycles. The van der Waals surface area contributed by atoms with Gasteiger partial charge in [0, 0.05) is 23.2 Å². The molecule has 1 aliphatic rings. The lowest BCUT2D eigenvalue weighted by molar-refractivity contribution is -0.117. The number of benzene rings is 1. The summed E-state index contributed by atoms with van der Waals surface area (Å²) < 4.78 is 0. The third-order valence-electron chi connectivity index (χ3n) is 2.93. The Bertz CT molecular complexity index is 642. The molecule has 1 aromatic carbocycles. The van der Waals surface area contributed by atoms with Crippen LogP contribution < -0.4 is 10.6 Å². The van der Waals surface area contributed by atoms with Gasteiger partial charge in [0.25, 0.3) is 5.24 Å². The maximum atomic E-state index is 12.0. The van der Waals surface area contributed by atoms with Gasteiger partial charge in [-0.1, -0.05) is 23.9 Å². The van der Waals surface area contributed by atoms with Gasteiger partial charge in [0.05, 0.1) is 5.69 Å². The molecule has 2 amide bonds. The van der Waals surface area contributed by atoms with Crippen LogP contribution in [0.15, 0.2) is 36.5 Å². The fourth-order valence-electron chi connectivity index (χ4n) is 1.94. The number of H-pyrrole nitrogens is 1. The topological polar surface area (TPSA) is 86.9 Å². The number of anilines is 1. The number of carbonyl (C=O) groups is 2. The molecule has 0 saturated carbocycles. The molecule has 1 fully saturated rings. The number of nitrogens with one attached hydrogen (secondary N) is 3. The normalized spacial score (nSPS) is 17.8. The van der Waals surface area contributed by atoms with Crippen molar-refractivity contribution in [1.29, 1.82) is 0 Å². The number of hydrogen-bond acceptors (Lipinski definition) is 4. The summed E-state index contributed by atoms with van der Waals surface area (Å²) in [4.78, 5) is 23.1. The quantitative estimate of drug-likeness (QED) is 0.804. The molecule has 6 nitrogen and oxygen atoms in total. The molecule has 0 aliphatic carbocycles. The first-order chi connectivity index (χ1) is 9.72. The molecule has 1 unspecified atom stereocenters. The van der Waals surface area contributed by atoms with Crippen LogP contribution in [0.1, 0.15) is 0 Å². The predicted molar refractivity (Wildman–Crippen MR) is 77.4 cm³/mol. The Kier molecular flexibility index (Phi) is 3.42. The Labute approximate surface area is 119 Å². The number of aromatic nitrogens is 2. The van der Waals surface area contributed by atoms with Gasteiger partial charge in [0.2, 0.25) is 5.91 Å². The van der Waals surface area contributed by atoms with Gasteiger partial charge < -0.3 is 10.6 Å². The maximum Gasteiger partial charge on any atom is 0.279 e. The van der Waals surface area contributed by atoms with Crippen molar-refractivity contribution >= 4 is 28.6 Å². The average Bonchev–Trinajstić information content (AvgIpc) is 3.10. The van der Waals surface area contributed by atoms with Crippen LogP contribution in [0, 0.1) is 0 Å². The summed E-state index contributed by atoms with van der Waals surface area (Å²) in [6, 6.07) is 8.83. The number of hydrogen-bond donors (Lipinski definition) is 3. The Balaban J connectivity index is 1.73. The van der Waals surface area contributed by atoms with E-state index in [1.54, 1.807) is 6.20 Å². The summed E-state index contributed by atoms with van der Waals surface area (Å²) >= 11 is 1.12. The molecular weight excluding hydrogens is 276 g/mol. The summed E-state index contributed by atoms with van der Waals surface area (Å²) in [5.41, 5.74) is 2.50. The molecule has 2 aromatic rings. The smallest absolute Gasteiger partial charge is 0.279 e. The van der Waals surface area contributed by atoms with E-state index >= 15 is 0 Å². The van der Waals surface area contributed by atoms with E-state index in [0.29, 0.717) is 11.4 Å². The predicted octanol–water partition coefficient (Wildman–Crippen LogP) is 1.84. The third kappa shape index (κ3) is 2.67. The largest absolute Gasteiger partial charge is 0.334 e. The van der Waals surface area contributed by atoms with Crippen molar-refractivity contribution < 1.29 is 9.59 Å². The molecule has 1 atom stereocenters. The van der Waals surface area contributed by atoms with E-state index in [1.807, 2.05) is 30.3 Å². The molecule has 102 valence electrons. The summed E-state index contributed by atoms with van der Waals surface area (Å²) in [6.07, 6.45) is 1.67. The second kappa shape index (κ2) is 5.38. The van der Waals surface area contributed by atoms with Crippen molar-refractivity contribution in [2.75, 3.05) is 11.1 Å². The summed E-state index contributed by atoms with van der Waals surface area (Å²) in [7, 11) is 0. The van der Waals surface area contributed by atoms with Gasteiger partial charge in [-0.3, -0.25) is 14.7 Å². The van der Waals surface area contributed by atoms with E-state index in [9.17, 15) is 9.59 Å². The van der Waals surface area contributed by atoms with Gasteiger partial charge in [-0.05, 0) is 18.2 Å². The molecule has 0 spiro atoms. The van der Waals surface area contributed by atoms with Crippen LogP contribution in [0.3, 0.4) is 0 Å². The third-order valence-corrected chi connectivity index (χ3v) is 3.81. The van der Waals surface area contributed by atoms with Crippen molar-refractivity contribution in [3.05, 3.63) is 36.5 Å². The zero-order chi connectivity index (χ0) is 13.9. The molecule has 3 rings (SSSR count). The summed E-state index contributed by atoms with van der Waals surface area (Å²) in [6.45, 7) is 0. The first-order valence-electron chi connectivity index (χ1n) is 6.06. The van der Waals surface area contributed by atoms with E-state index in [2.05, 4.69) is 20.8 Å². The lowest BCUT2D eigenvalue weighted by Crippen LogP contribution is -2.38. The van der Waals surface area contributed by atoms with Crippen LogP contribution in [0.2, 0.25) is 0 Å². The average molecular weight is 288 g/mol. The minimum atomic E-state index is -0.469. The Morgan fingerprint density at radius 1 is 1.40 bits per heavy atom. The highest BCUT2D eigenvalue weighted by Crippen LogP contribution is 2.21. The highest BCUT2D eigenvalue weighted by Gasteiger charge is 2.27. The number of nitrogens with zero attached hydrogens (tertiary/aromatic N) is 1. The molecule has 7 heteroatoms. The minimum Gasteiger partial charge on any atom is -0.334 e. The van der Waals surface area contributed by atoms with E-state index in [1.165, 1.54) is 0 Å². The van der Waals surface area contributed by atoms with Gasteiger partial charge in [-0.15, -0.1) is 0 Å². The fraction of sp³-hybridized carbons (Fsp3) is 0.154. The Morgan fingerprint density at radius 3 is 3.00 bits per heavy atom. The van der Waals surface area contributed by atoms with Gasteiger partial charge in [0.1, 0.15) is 6.04 Å². The summed E-state index contributed by atoms with van der Waals surface area (Å²) in [5, 5.41) is 12.0. The molecule has 1 aromatic heterocycles.